The van der Waals surface area contributed by atoms with Crippen molar-refractivity contribution in [3.05, 3.63) is 46.1 Å². The lowest BCUT2D eigenvalue weighted by molar-refractivity contribution is -0.127. The van der Waals surface area contributed by atoms with Crippen molar-refractivity contribution >= 4 is 11.8 Å². The first kappa shape index (κ1) is 25.3. The Kier molecular flexibility index (Phi) is 7.27. The van der Waals surface area contributed by atoms with Crippen LogP contribution in [0, 0.1) is 0 Å². The molecule has 0 unspecified atom stereocenters. The number of aromatic hydroxyl groups is 1. The van der Waals surface area contributed by atoms with Gasteiger partial charge in [-0.3, -0.25) is 9.59 Å². The van der Waals surface area contributed by atoms with Crippen LogP contribution in [-0.4, -0.2) is 51.2 Å². The first-order valence-corrected chi connectivity index (χ1v) is 12.7. The van der Waals surface area contributed by atoms with Crippen LogP contribution in [-0.2, 0) is 17.8 Å². The lowest BCUT2D eigenvalue weighted by Gasteiger charge is -2.41. The lowest BCUT2D eigenvalue weighted by atomic mass is 9.84. The molecular weight excluding hydrogens is 444 g/mol. The maximum absolute atomic E-state index is 13.2. The second-order valence-corrected chi connectivity index (χ2v) is 10.7. The molecule has 0 saturated carbocycles. The molecule has 1 aromatic rings. The van der Waals surface area contributed by atoms with Gasteiger partial charge in [-0.2, -0.15) is 0 Å². The summed E-state index contributed by atoms with van der Waals surface area (Å²) in [5.74, 6) is 0.0530. The highest BCUT2D eigenvalue weighted by Crippen LogP contribution is 2.46. The van der Waals surface area contributed by atoms with E-state index in [1.807, 2.05) is 6.92 Å². The van der Waals surface area contributed by atoms with Crippen molar-refractivity contribution < 1.29 is 24.5 Å². The van der Waals surface area contributed by atoms with E-state index in [0.29, 0.717) is 41.8 Å². The van der Waals surface area contributed by atoms with Crippen molar-refractivity contribution in [1.82, 2.24) is 10.2 Å². The molecule has 4 rings (SSSR count). The normalized spacial score (nSPS) is 26.1. The van der Waals surface area contributed by atoms with Gasteiger partial charge in [-0.15, -0.1) is 0 Å². The van der Waals surface area contributed by atoms with Gasteiger partial charge in [0.2, 0.25) is 5.91 Å². The average molecular weight is 483 g/mol. The van der Waals surface area contributed by atoms with Crippen molar-refractivity contribution in [3.8, 4) is 11.5 Å². The first-order chi connectivity index (χ1) is 16.6. The van der Waals surface area contributed by atoms with Crippen molar-refractivity contribution in [2.45, 2.75) is 96.9 Å². The van der Waals surface area contributed by atoms with Gasteiger partial charge in [-0.25, -0.2) is 0 Å². The summed E-state index contributed by atoms with van der Waals surface area (Å²) in [6.07, 6.45) is 8.75. The van der Waals surface area contributed by atoms with Crippen LogP contribution >= 0.6 is 0 Å². The van der Waals surface area contributed by atoms with Gasteiger partial charge >= 0.3 is 0 Å². The number of phenolic OH excluding ortho intramolecular Hbond substituents is 1. The van der Waals surface area contributed by atoms with Crippen LogP contribution in [0.3, 0.4) is 0 Å². The standard InChI is InChI=1S/C28H38N2O5/c1-17(2)8-5-9-18(3)10-6-12-28(4)24(32)15-20-23(31)14-19-21(25(20)35-28)16-30(27(19)34)22-11-7-13-29-26(22)33/h8,10,14,22,24,31-32H,5-7,9,11-13,15-16H2,1-4H3,(H,29,33)/b18-10+/t22-,24+,28+/m1/s1. The molecule has 0 spiro atoms. The number of piperidine rings is 1. The molecule has 3 atom stereocenters. The third-order valence-electron chi connectivity index (χ3n) is 7.58. The predicted molar refractivity (Wildman–Crippen MR) is 134 cm³/mol. The maximum atomic E-state index is 13.2. The van der Waals surface area contributed by atoms with Gasteiger partial charge in [-0.1, -0.05) is 23.3 Å². The van der Waals surface area contributed by atoms with E-state index in [1.165, 1.54) is 17.2 Å². The molecule has 3 N–H and O–H groups in total. The monoisotopic (exact) mass is 482 g/mol. The van der Waals surface area contributed by atoms with E-state index in [-0.39, 0.29) is 30.5 Å². The summed E-state index contributed by atoms with van der Waals surface area (Å²) < 4.78 is 6.43. The number of carbonyl (C=O) groups excluding carboxylic acids is 2. The summed E-state index contributed by atoms with van der Waals surface area (Å²) in [5.41, 5.74) is 3.40. The minimum atomic E-state index is -0.843. The Hall–Kier alpha value is -2.80. The van der Waals surface area contributed by atoms with Crippen molar-refractivity contribution in [3.63, 3.8) is 0 Å². The second kappa shape index (κ2) is 10.1. The molecule has 0 bridgehead atoms. The minimum Gasteiger partial charge on any atom is -0.508 e. The molecule has 35 heavy (non-hydrogen) atoms. The largest absolute Gasteiger partial charge is 0.508 e. The predicted octanol–water partition coefficient (Wildman–Crippen LogP) is 4.15. The number of benzene rings is 1. The fourth-order valence-electron chi connectivity index (χ4n) is 5.33. The van der Waals surface area contributed by atoms with E-state index in [1.54, 1.807) is 4.90 Å². The molecule has 0 aliphatic carbocycles. The summed E-state index contributed by atoms with van der Waals surface area (Å²) in [5, 5.41) is 24.5. The van der Waals surface area contributed by atoms with Crippen LogP contribution in [0.25, 0.3) is 0 Å². The van der Waals surface area contributed by atoms with Gasteiger partial charge in [0.25, 0.3) is 5.91 Å². The van der Waals surface area contributed by atoms with Gasteiger partial charge in [-0.05, 0) is 72.3 Å². The van der Waals surface area contributed by atoms with Gasteiger partial charge < -0.3 is 25.2 Å². The molecule has 1 aromatic carbocycles. The fraction of sp³-hybridized carbons (Fsp3) is 0.571. The molecule has 7 nitrogen and oxygen atoms in total. The molecule has 3 aliphatic heterocycles. The molecule has 7 heteroatoms. The lowest BCUT2D eigenvalue weighted by Crippen LogP contribution is -2.50. The number of aliphatic hydroxyl groups is 1. The summed E-state index contributed by atoms with van der Waals surface area (Å²) in [6, 6.07) is 0.954. The number of aliphatic hydroxyl groups excluding tert-OH is 1. The zero-order valence-corrected chi connectivity index (χ0v) is 21.3. The second-order valence-electron chi connectivity index (χ2n) is 10.7. The number of hydrogen-bond acceptors (Lipinski definition) is 5. The Labute approximate surface area is 207 Å². The van der Waals surface area contributed by atoms with Crippen LogP contribution in [0.2, 0.25) is 0 Å². The Balaban J connectivity index is 1.53. The number of fused-ring (bicyclic) bond motifs is 3. The van der Waals surface area contributed by atoms with Crippen LogP contribution < -0.4 is 10.1 Å². The summed E-state index contributed by atoms with van der Waals surface area (Å²) >= 11 is 0. The molecular formula is C28H38N2O5. The van der Waals surface area contributed by atoms with Gasteiger partial charge in [0.05, 0.1) is 18.2 Å². The number of allylic oxidation sites excluding steroid dienone is 4. The molecule has 3 heterocycles. The highest BCUT2D eigenvalue weighted by atomic mass is 16.5. The molecule has 1 fully saturated rings. The molecule has 1 saturated heterocycles. The molecule has 190 valence electrons. The van der Waals surface area contributed by atoms with E-state index in [2.05, 4.69) is 38.2 Å². The van der Waals surface area contributed by atoms with E-state index in [9.17, 15) is 19.8 Å². The van der Waals surface area contributed by atoms with Crippen LogP contribution in [0.1, 0.15) is 87.7 Å². The van der Waals surface area contributed by atoms with Crippen molar-refractivity contribution in [2.75, 3.05) is 6.54 Å². The smallest absolute Gasteiger partial charge is 0.255 e. The SMILES string of the molecule is CC(C)=CCC/C(C)=C/CC[C@]1(C)Oc2c(c(O)cc3c2CN([C@@H]2CCCNC2=O)C3=O)C[C@@H]1O. The Morgan fingerprint density at radius 3 is 2.71 bits per heavy atom. The number of amides is 2. The highest BCUT2D eigenvalue weighted by Gasteiger charge is 2.45. The average Bonchev–Trinajstić information content (AvgIpc) is 3.11. The number of rotatable bonds is 7. The zero-order chi connectivity index (χ0) is 25.3. The van der Waals surface area contributed by atoms with E-state index < -0.39 is 17.7 Å². The summed E-state index contributed by atoms with van der Waals surface area (Å²) in [7, 11) is 0. The van der Waals surface area contributed by atoms with Gasteiger partial charge in [0.15, 0.2) is 0 Å². The fourth-order valence-corrected chi connectivity index (χ4v) is 5.33. The number of carbonyl (C=O) groups is 2. The van der Waals surface area contributed by atoms with Gasteiger partial charge in [0.1, 0.15) is 23.1 Å². The molecule has 0 aromatic heterocycles. The van der Waals surface area contributed by atoms with Crippen molar-refractivity contribution in [1.29, 1.82) is 0 Å². The van der Waals surface area contributed by atoms with E-state index in [4.69, 9.17) is 4.74 Å². The first-order valence-electron chi connectivity index (χ1n) is 12.7. The topological polar surface area (TPSA) is 99.1 Å². The van der Waals surface area contributed by atoms with Crippen LogP contribution in [0.4, 0.5) is 0 Å². The third-order valence-corrected chi connectivity index (χ3v) is 7.58. The Morgan fingerprint density at radius 2 is 2.00 bits per heavy atom. The van der Waals surface area contributed by atoms with Crippen molar-refractivity contribution in [2.24, 2.45) is 0 Å². The highest BCUT2D eigenvalue weighted by molar-refractivity contribution is 6.02. The van der Waals surface area contributed by atoms with E-state index >= 15 is 0 Å². The van der Waals surface area contributed by atoms with Crippen LogP contribution in [0.5, 0.6) is 11.5 Å². The Morgan fingerprint density at radius 1 is 1.23 bits per heavy atom. The van der Waals surface area contributed by atoms with Crippen LogP contribution in [0.15, 0.2) is 29.4 Å². The number of nitrogens with zero attached hydrogens (tertiary/aromatic N) is 1. The number of phenols is 1. The molecule has 0 radical (unpaired) electrons. The summed E-state index contributed by atoms with van der Waals surface area (Å²) in [6.45, 7) is 9.12. The molecule has 3 aliphatic rings. The number of nitrogens with one attached hydrogen (secondary N) is 1. The minimum absolute atomic E-state index is 0.0434. The number of ether oxygens (including phenoxy) is 1. The third kappa shape index (κ3) is 5.10. The zero-order valence-electron chi connectivity index (χ0n) is 21.3. The van der Waals surface area contributed by atoms with Gasteiger partial charge in [0, 0.05) is 24.1 Å². The summed E-state index contributed by atoms with van der Waals surface area (Å²) in [4.78, 5) is 27.2. The number of hydrogen-bond donors (Lipinski definition) is 3. The van der Waals surface area contributed by atoms with E-state index in [0.717, 1.165) is 25.7 Å². The maximum Gasteiger partial charge on any atom is 0.255 e. The Bertz CT molecular complexity index is 1070. The molecule has 2 amide bonds. The quantitative estimate of drug-likeness (QED) is 0.507.